The van der Waals surface area contributed by atoms with Gasteiger partial charge in [0.2, 0.25) is 10.3 Å². The van der Waals surface area contributed by atoms with Gasteiger partial charge in [-0.1, -0.05) is 23.5 Å². The molecule has 1 fully saturated rings. The van der Waals surface area contributed by atoms with E-state index in [-0.39, 0.29) is 0 Å². The summed E-state index contributed by atoms with van der Waals surface area (Å²) < 4.78 is 5.80. The van der Waals surface area contributed by atoms with Crippen LogP contribution in [0.5, 0.6) is 0 Å². The van der Waals surface area contributed by atoms with Crippen molar-refractivity contribution < 1.29 is 4.42 Å². The lowest BCUT2D eigenvalue weighted by molar-refractivity contribution is 0.541. The van der Waals surface area contributed by atoms with E-state index in [2.05, 4.69) is 25.0 Å². The monoisotopic (exact) mass is 302 g/mol. The molecule has 0 amide bonds. The van der Waals surface area contributed by atoms with Crippen LogP contribution in [0.4, 0.5) is 16.3 Å². The molecule has 21 heavy (non-hydrogen) atoms. The van der Waals surface area contributed by atoms with Gasteiger partial charge in [-0.25, -0.2) is 0 Å². The molecule has 3 aromatic rings. The van der Waals surface area contributed by atoms with Crippen molar-refractivity contribution in [3.05, 3.63) is 24.3 Å². The zero-order valence-corrected chi connectivity index (χ0v) is 12.1. The van der Waals surface area contributed by atoms with E-state index in [0.29, 0.717) is 11.1 Å². The molecule has 0 unspecified atom stereocenters. The minimum Gasteiger partial charge on any atom is -0.423 e. The summed E-state index contributed by atoms with van der Waals surface area (Å²) in [6.45, 7) is 3.39. The number of benzene rings is 1. The van der Waals surface area contributed by atoms with Gasteiger partial charge in [-0.05, 0) is 12.1 Å². The maximum atomic E-state index is 5.80. The fourth-order valence-electron chi connectivity index (χ4n) is 2.44. The van der Waals surface area contributed by atoms with E-state index in [1.807, 2.05) is 24.3 Å². The molecule has 7 nitrogen and oxygen atoms in total. The number of nitrogen functional groups attached to an aromatic ring is 1. The summed E-state index contributed by atoms with van der Waals surface area (Å²) in [4.78, 5) is 8.88. The summed E-state index contributed by atoms with van der Waals surface area (Å²) in [6, 6.07) is 8.50. The van der Waals surface area contributed by atoms with E-state index in [1.165, 1.54) is 11.3 Å². The largest absolute Gasteiger partial charge is 0.423 e. The maximum absolute atomic E-state index is 5.80. The van der Waals surface area contributed by atoms with E-state index in [0.717, 1.165) is 42.4 Å². The molecule has 1 saturated heterocycles. The fourth-order valence-corrected chi connectivity index (χ4v) is 3.10. The predicted octanol–water partition coefficient (Wildman–Crippen LogP) is 1.59. The van der Waals surface area contributed by atoms with Crippen LogP contribution in [0.25, 0.3) is 11.1 Å². The lowest BCUT2D eigenvalue weighted by atomic mass is 10.3. The molecular weight excluding hydrogens is 288 g/mol. The third-order valence-electron chi connectivity index (χ3n) is 3.53. The van der Waals surface area contributed by atoms with Crippen LogP contribution in [0.1, 0.15) is 0 Å². The summed E-state index contributed by atoms with van der Waals surface area (Å²) in [5.41, 5.74) is 7.35. The highest BCUT2D eigenvalue weighted by molar-refractivity contribution is 7.18. The maximum Gasteiger partial charge on any atom is 0.298 e. The number of para-hydroxylation sites is 2. The second kappa shape index (κ2) is 4.88. The summed E-state index contributed by atoms with van der Waals surface area (Å²) in [7, 11) is 0. The number of nitrogens with zero attached hydrogens (tertiary/aromatic N) is 5. The Labute approximate surface area is 125 Å². The molecule has 2 N–H and O–H groups in total. The zero-order chi connectivity index (χ0) is 14.2. The molecule has 0 atom stereocenters. The third-order valence-corrected chi connectivity index (χ3v) is 4.35. The number of hydrogen-bond donors (Lipinski definition) is 1. The van der Waals surface area contributed by atoms with Crippen molar-refractivity contribution in [3.63, 3.8) is 0 Å². The van der Waals surface area contributed by atoms with Crippen molar-refractivity contribution in [3.8, 4) is 0 Å². The Morgan fingerprint density at radius 3 is 2.52 bits per heavy atom. The Hall–Kier alpha value is -2.35. The van der Waals surface area contributed by atoms with Crippen molar-refractivity contribution in [1.82, 2.24) is 15.2 Å². The van der Waals surface area contributed by atoms with E-state index >= 15 is 0 Å². The molecule has 3 heterocycles. The lowest BCUT2D eigenvalue weighted by Gasteiger charge is -2.33. The topological polar surface area (TPSA) is 84.3 Å². The van der Waals surface area contributed by atoms with Crippen LogP contribution in [0.2, 0.25) is 0 Å². The Kier molecular flexibility index (Phi) is 2.88. The van der Waals surface area contributed by atoms with Gasteiger partial charge in [-0.2, -0.15) is 4.98 Å². The lowest BCUT2D eigenvalue weighted by Crippen LogP contribution is -2.46. The van der Waals surface area contributed by atoms with Crippen LogP contribution in [-0.2, 0) is 0 Å². The van der Waals surface area contributed by atoms with Gasteiger partial charge in [0.15, 0.2) is 5.58 Å². The number of rotatable bonds is 2. The highest BCUT2D eigenvalue weighted by Crippen LogP contribution is 2.26. The van der Waals surface area contributed by atoms with Crippen LogP contribution < -0.4 is 15.5 Å². The zero-order valence-electron chi connectivity index (χ0n) is 11.3. The minimum atomic E-state index is 0.506. The van der Waals surface area contributed by atoms with E-state index in [9.17, 15) is 0 Å². The average molecular weight is 302 g/mol. The third kappa shape index (κ3) is 2.27. The summed E-state index contributed by atoms with van der Waals surface area (Å²) in [6.07, 6.45) is 0. The fraction of sp³-hybridized carbons (Fsp3) is 0.308. The quantitative estimate of drug-likeness (QED) is 0.769. The van der Waals surface area contributed by atoms with Crippen molar-refractivity contribution in [2.75, 3.05) is 41.7 Å². The van der Waals surface area contributed by atoms with Crippen molar-refractivity contribution >= 4 is 38.7 Å². The van der Waals surface area contributed by atoms with Gasteiger partial charge in [0.1, 0.15) is 5.52 Å². The molecule has 8 heteroatoms. The van der Waals surface area contributed by atoms with E-state index in [1.54, 1.807) is 0 Å². The Balaban J connectivity index is 1.49. The van der Waals surface area contributed by atoms with Crippen LogP contribution in [0.15, 0.2) is 28.7 Å². The standard InChI is InChI=1S/C13H14N6OS/c14-11-16-17-13(21-11)19-7-5-18(6-8-19)12-15-9-3-1-2-4-10(9)20-12/h1-4H,5-8H2,(H2,14,16). The Morgan fingerprint density at radius 1 is 1.05 bits per heavy atom. The number of nitrogens with two attached hydrogens (primary N) is 1. The first-order valence-corrected chi connectivity index (χ1v) is 7.56. The van der Waals surface area contributed by atoms with Gasteiger partial charge >= 0.3 is 0 Å². The minimum absolute atomic E-state index is 0.506. The molecule has 0 bridgehead atoms. The highest BCUT2D eigenvalue weighted by atomic mass is 32.1. The smallest absolute Gasteiger partial charge is 0.298 e. The number of hydrogen-bond acceptors (Lipinski definition) is 8. The van der Waals surface area contributed by atoms with Gasteiger partial charge in [-0.3, -0.25) is 0 Å². The van der Waals surface area contributed by atoms with Gasteiger partial charge in [0.05, 0.1) is 0 Å². The first-order valence-electron chi connectivity index (χ1n) is 6.74. The Bertz CT molecular complexity index is 728. The summed E-state index contributed by atoms with van der Waals surface area (Å²) in [5.74, 6) is 0. The van der Waals surface area contributed by atoms with Gasteiger partial charge in [0, 0.05) is 26.2 Å². The van der Waals surface area contributed by atoms with Gasteiger partial charge in [-0.15, -0.1) is 10.2 Å². The molecule has 1 aliphatic rings. The first kappa shape index (κ1) is 12.4. The normalized spacial score (nSPS) is 15.8. The second-order valence-electron chi connectivity index (χ2n) is 4.86. The van der Waals surface area contributed by atoms with Crippen molar-refractivity contribution in [1.29, 1.82) is 0 Å². The van der Waals surface area contributed by atoms with Gasteiger partial charge in [0.25, 0.3) is 6.01 Å². The first-order chi connectivity index (χ1) is 10.3. The van der Waals surface area contributed by atoms with Crippen LogP contribution in [-0.4, -0.2) is 41.4 Å². The average Bonchev–Trinajstić information content (AvgIpc) is 3.13. The molecule has 0 spiro atoms. The number of piperazine rings is 1. The van der Waals surface area contributed by atoms with Crippen LogP contribution in [0, 0.1) is 0 Å². The van der Waals surface area contributed by atoms with E-state index in [4.69, 9.17) is 10.2 Å². The predicted molar refractivity (Wildman–Crippen MR) is 82.8 cm³/mol. The Morgan fingerprint density at radius 2 is 1.81 bits per heavy atom. The summed E-state index contributed by atoms with van der Waals surface area (Å²) >= 11 is 1.42. The molecule has 0 aliphatic carbocycles. The number of anilines is 3. The van der Waals surface area contributed by atoms with Crippen molar-refractivity contribution in [2.45, 2.75) is 0 Å². The highest BCUT2D eigenvalue weighted by Gasteiger charge is 2.23. The van der Waals surface area contributed by atoms with E-state index < -0.39 is 0 Å². The molecule has 1 aliphatic heterocycles. The summed E-state index contributed by atoms with van der Waals surface area (Å²) in [5, 5.41) is 9.33. The second-order valence-corrected chi connectivity index (χ2v) is 5.85. The van der Waals surface area contributed by atoms with Gasteiger partial charge < -0.3 is 20.0 Å². The molecule has 1 aromatic carbocycles. The molecule has 0 radical (unpaired) electrons. The number of aromatic nitrogens is 3. The molecule has 4 rings (SSSR count). The number of oxazole rings is 1. The molecular formula is C13H14N6OS. The van der Waals surface area contributed by atoms with Crippen molar-refractivity contribution in [2.24, 2.45) is 0 Å². The SMILES string of the molecule is Nc1nnc(N2CCN(c3nc4ccccc4o3)CC2)s1. The van der Waals surface area contributed by atoms with Crippen LogP contribution in [0.3, 0.4) is 0 Å². The van der Waals surface area contributed by atoms with Crippen LogP contribution >= 0.6 is 11.3 Å². The molecule has 0 saturated carbocycles. The number of fused-ring (bicyclic) bond motifs is 1. The molecule has 108 valence electrons. The molecule has 2 aromatic heterocycles.